The topological polar surface area (TPSA) is 58.4 Å². The number of rotatable bonds is 4. The lowest BCUT2D eigenvalue weighted by Crippen LogP contribution is -2.47. The molecule has 2 heterocycles. The number of hydrogen-bond acceptors (Lipinski definition) is 5. The molecule has 0 aromatic carbocycles. The monoisotopic (exact) mass is 309 g/mol. The molecule has 1 N–H and O–H groups in total. The molecule has 1 saturated carbocycles. The maximum atomic E-state index is 11.0. The molecule has 3 rings (SSSR count). The summed E-state index contributed by atoms with van der Waals surface area (Å²) in [6.45, 7) is 4.15. The summed E-state index contributed by atoms with van der Waals surface area (Å²) in [6.07, 6.45) is 6.48. The number of nitrogens with one attached hydrogen (secondary N) is 1. The second-order valence-corrected chi connectivity index (χ2v) is 7.16. The molecule has 0 bridgehead atoms. The molecule has 1 aliphatic carbocycles. The van der Waals surface area contributed by atoms with Gasteiger partial charge in [0.1, 0.15) is 0 Å². The fraction of sp³-hybridized carbons (Fsp3) is 0.733. The molecule has 2 fully saturated rings. The minimum absolute atomic E-state index is 0.260. The molecule has 0 unspecified atom stereocenters. The first-order chi connectivity index (χ1) is 10.3. The van der Waals surface area contributed by atoms with Crippen LogP contribution in [0.1, 0.15) is 43.0 Å². The Morgan fingerprint density at radius 1 is 1.24 bits per heavy atom. The molecule has 1 atom stereocenters. The third-order valence-corrected chi connectivity index (χ3v) is 5.83. The van der Waals surface area contributed by atoms with Gasteiger partial charge < -0.3 is 5.32 Å². The van der Waals surface area contributed by atoms with Gasteiger partial charge in [-0.05, 0) is 24.8 Å². The van der Waals surface area contributed by atoms with E-state index in [1.165, 1.54) is 48.3 Å². The fourth-order valence-corrected chi connectivity index (χ4v) is 4.77. The van der Waals surface area contributed by atoms with Crippen molar-refractivity contribution in [1.29, 1.82) is 0 Å². The van der Waals surface area contributed by atoms with Crippen molar-refractivity contribution in [3.63, 3.8) is 0 Å². The summed E-state index contributed by atoms with van der Waals surface area (Å²) >= 11 is 1.38. The molecule has 0 radical (unpaired) electrons. The minimum atomic E-state index is -0.260. The van der Waals surface area contributed by atoms with Gasteiger partial charge in [-0.1, -0.05) is 30.6 Å². The first-order valence-corrected chi connectivity index (χ1v) is 8.76. The fourth-order valence-electron chi connectivity index (χ4n) is 3.72. The lowest BCUT2D eigenvalue weighted by Gasteiger charge is -2.40. The maximum absolute atomic E-state index is 11.0. The summed E-state index contributed by atoms with van der Waals surface area (Å²) in [4.78, 5) is 14.5. The van der Waals surface area contributed by atoms with E-state index in [2.05, 4.69) is 10.2 Å². The maximum Gasteiger partial charge on any atom is 0.324 e. The SMILES string of the molecule is O=[N+]([O-])c1ccc([C@@H](C2CCCCC2)N2CCNCC2)s1. The molecular formula is C15H23N3O2S. The van der Waals surface area contributed by atoms with Crippen molar-refractivity contribution in [2.24, 2.45) is 5.92 Å². The molecule has 2 aliphatic rings. The van der Waals surface area contributed by atoms with Crippen LogP contribution in [0.4, 0.5) is 5.00 Å². The molecule has 116 valence electrons. The van der Waals surface area contributed by atoms with Crippen molar-refractivity contribution in [3.8, 4) is 0 Å². The smallest absolute Gasteiger partial charge is 0.314 e. The average Bonchev–Trinajstić information content (AvgIpc) is 3.00. The third kappa shape index (κ3) is 3.44. The molecule has 6 heteroatoms. The number of thiophene rings is 1. The van der Waals surface area contributed by atoms with Crippen LogP contribution < -0.4 is 5.32 Å². The van der Waals surface area contributed by atoms with E-state index < -0.39 is 0 Å². The van der Waals surface area contributed by atoms with Crippen molar-refractivity contribution >= 4 is 16.3 Å². The van der Waals surface area contributed by atoms with Gasteiger partial charge in [0.05, 0.1) is 4.92 Å². The molecule has 5 nitrogen and oxygen atoms in total. The van der Waals surface area contributed by atoms with E-state index in [4.69, 9.17) is 0 Å². The number of piperazine rings is 1. The van der Waals surface area contributed by atoms with Crippen molar-refractivity contribution < 1.29 is 4.92 Å². The average molecular weight is 309 g/mol. The number of hydrogen-bond donors (Lipinski definition) is 1. The molecule has 0 spiro atoms. The lowest BCUT2D eigenvalue weighted by molar-refractivity contribution is -0.380. The summed E-state index contributed by atoms with van der Waals surface area (Å²) in [5.41, 5.74) is 0. The van der Waals surface area contributed by atoms with Crippen molar-refractivity contribution in [2.75, 3.05) is 26.2 Å². The van der Waals surface area contributed by atoms with Crippen LogP contribution in [-0.4, -0.2) is 36.0 Å². The van der Waals surface area contributed by atoms with Gasteiger partial charge in [0, 0.05) is 43.2 Å². The van der Waals surface area contributed by atoms with Gasteiger partial charge in [-0.15, -0.1) is 0 Å². The molecular weight excluding hydrogens is 286 g/mol. The zero-order chi connectivity index (χ0) is 14.7. The summed E-state index contributed by atoms with van der Waals surface area (Å²) < 4.78 is 0. The van der Waals surface area contributed by atoms with Gasteiger partial charge in [-0.2, -0.15) is 0 Å². The van der Waals surface area contributed by atoms with E-state index in [-0.39, 0.29) is 9.92 Å². The van der Waals surface area contributed by atoms with Crippen LogP contribution in [0.25, 0.3) is 0 Å². The summed E-state index contributed by atoms with van der Waals surface area (Å²) in [6, 6.07) is 4.05. The highest BCUT2D eigenvalue weighted by Crippen LogP contribution is 2.42. The Labute approximate surface area is 129 Å². The Bertz CT molecular complexity index is 461. The Morgan fingerprint density at radius 2 is 1.95 bits per heavy atom. The van der Waals surface area contributed by atoms with E-state index in [0.717, 1.165) is 26.2 Å². The summed E-state index contributed by atoms with van der Waals surface area (Å²) in [5.74, 6) is 0.662. The molecule has 1 saturated heterocycles. The van der Waals surface area contributed by atoms with Gasteiger partial charge in [0.25, 0.3) is 0 Å². The van der Waals surface area contributed by atoms with Crippen molar-refractivity contribution in [3.05, 3.63) is 27.1 Å². The first-order valence-electron chi connectivity index (χ1n) is 7.94. The molecule has 1 aliphatic heterocycles. The third-order valence-electron chi connectivity index (χ3n) is 4.73. The van der Waals surface area contributed by atoms with Gasteiger partial charge in [-0.25, -0.2) is 0 Å². The normalized spacial score (nSPS) is 23.0. The van der Waals surface area contributed by atoms with Crippen LogP contribution in [0, 0.1) is 16.0 Å². The highest BCUT2D eigenvalue weighted by atomic mass is 32.1. The van der Waals surface area contributed by atoms with Gasteiger partial charge >= 0.3 is 5.00 Å². The van der Waals surface area contributed by atoms with E-state index in [1.54, 1.807) is 6.07 Å². The summed E-state index contributed by atoms with van der Waals surface area (Å²) in [5, 5.41) is 14.7. The van der Waals surface area contributed by atoms with Crippen LogP contribution >= 0.6 is 11.3 Å². The van der Waals surface area contributed by atoms with E-state index in [0.29, 0.717) is 12.0 Å². The van der Waals surface area contributed by atoms with Crippen molar-refractivity contribution in [2.45, 2.75) is 38.1 Å². The first kappa shape index (κ1) is 14.9. The summed E-state index contributed by atoms with van der Waals surface area (Å²) in [7, 11) is 0. The second kappa shape index (κ2) is 6.85. The van der Waals surface area contributed by atoms with Crippen LogP contribution in [-0.2, 0) is 0 Å². The van der Waals surface area contributed by atoms with Crippen LogP contribution in [0.3, 0.4) is 0 Å². The highest BCUT2D eigenvalue weighted by molar-refractivity contribution is 7.15. The second-order valence-electron chi connectivity index (χ2n) is 6.06. The van der Waals surface area contributed by atoms with Gasteiger partial charge in [-0.3, -0.25) is 15.0 Å². The lowest BCUT2D eigenvalue weighted by atomic mass is 9.82. The minimum Gasteiger partial charge on any atom is -0.314 e. The zero-order valence-electron chi connectivity index (χ0n) is 12.3. The standard InChI is InChI=1S/C15H23N3O2S/c19-18(20)14-7-6-13(21-14)15(12-4-2-1-3-5-12)17-10-8-16-9-11-17/h6-7,12,15-16H,1-5,8-11H2/t15-/m1/s1. The molecule has 1 aromatic rings. The molecule has 0 amide bonds. The molecule has 1 aromatic heterocycles. The Morgan fingerprint density at radius 3 is 2.57 bits per heavy atom. The number of nitro groups is 1. The van der Waals surface area contributed by atoms with Crippen LogP contribution in [0.2, 0.25) is 0 Å². The molecule has 21 heavy (non-hydrogen) atoms. The predicted molar refractivity (Wildman–Crippen MR) is 84.7 cm³/mol. The Kier molecular flexibility index (Phi) is 4.87. The van der Waals surface area contributed by atoms with Crippen LogP contribution in [0.5, 0.6) is 0 Å². The van der Waals surface area contributed by atoms with Crippen LogP contribution in [0.15, 0.2) is 12.1 Å². The quantitative estimate of drug-likeness (QED) is 0.685. The number of nitrogens with zero attached hydrogens (tertiary/aromatic N) is 2. The predicted octanol–water partition coefficient (Wildman–Crippen LogP) is 3.18. The van der Waals surface area contributed by atoms with E-state index in [9.17, 15) is 10.1 Å². The zero-order valence-corrected chi connectivity index (χ0v) is 13.1. The van der Waals surface area contributed by atoms with E-state index >= 15 is 0 Å². The van der Waals surface area contributed by atoms with Gasteiger partial charge in [0.15, 0.2) is 0 Å². The van der Waals surface area contributed by atoms with E-state index in [1.807, 2.05) is 6.07 Å². The largest absolute Gasteiger partial charge is 0.324 e. The Hall–Kier alpha value is -0.980. The van der Waals surface area contributed by atoms with Gasteiger partial charge in [0.2, 0.25) is 0 Å². The highest BCUT2D eigenvalue weighted by Gasteiger charge is 2.32. The van der Waals surface area contributed by atoms with Crippen molar-refractivity contribution in [1.82, 2.24) is 10.2 Å². The Balaban J connectivity index is 1.84.